The van der Waals surface area contributed by atoms with E-state index in [0.717, 1.165) is 25.7 Å². The maximum atomic E-state index is 13.6. The van der Waals surface area contributed by atoms with E-state index in [0.29, 0.717) is 27.8 Å². The average molecular weight is 481 g/mol. The molecule has 3 heterocycles. The molecule has 2 aliphatic rings. The molecule has 9 nitrogen and oxygen atoms in total. The largest absolute Gasteiger partial charge is 0.364 e. The van der Waals surface area contributed by atoms with Crippen molar-refractivity contribution in [2.45, 2.75) is 50.7 Å². The lowest BCUT2D eigenvalue weighted by molar-refractivity contribution is -0.135. The summed E-state index contributed by atoms with van der Waals surface area (Å²) in [7, 11) is 0. The van der Waals surface area contributed by atoms with E-state index in [2.05, 4.69) is 15.4 Å². The van der Waals surface area contributed by atoms with Crippen LogP contribution in [0.4, 0.5) is 5.82 Å². The zero-order valence-corrected chi connectivity index (χ0v) is 19.2. The summed E-state index contributed by atoms with van der Waals surface area (Å²) < 4.78 is 1.53. The minimum absolute atomic E-state index is 0.0228. The van der Waals surface area contributed by atoms with Crippen LogP contribution in [0, 0.1) is 5.92 Å². The lowest BCUT2D eigenvalue weighted by Gasteiger charge is -2.30. The van der Waals surface area contributed by atoms with Crippen molar-refractivity contribution in [2.75, 3.05) is 5.32 Å². The highest BCUT2D eigenvalue weighted by Crippen LogP contribution is 2.42. The van der Waals surface area contributed by atoms with Gasteiger partial charge < -0.3 is 16.0 Å². The Morgan fingerprint density at radius 1 is 1.12 bits per heavy atom. The van der Waals surface area contributed by atoms with Gasteiger partial charge in [-0.05, 0) is 43.4 Å². The van der Waals surface area contributed by atoms with Gasteiger partial charge in [-0.15, -0.1) is 0 Å². The molecule has 0 bridgehead atoms. The van der Waals surface area contributed by atoms with E-state index in [1.54, 1.807) is 30.3 Å². The van der Waals surface area contributed by atoms with Gasteiger partial charge in [0.1, 0.15) is 17.5 Å². The molecule has 0 spiro atoms. The zero-order valence-electron chi connectivity index (χ0n) is 18.5. The number of nitrogens with one attached hydrogen (secondary N) is 1. The molecule has 10 heteroatoms. The number of para-hydroxylation sites is 1. The molecule has 1 saturated carbocycles. The number of anilines is 1. The Morgan fingerprint density at radius 2 is 1.94 bits per heavy atom. The molecule has 1 aromatic carbocycles. The fraction of sp³-hybridized carbons (Fsp3) is 0.375. The third kappa shape index (κ3) is 4.23. The van der Waals surface area contributed by atoms with Crippen molar-refractivity contribution < 1.29 is 14.4 Å². The summed E-state index contributed by atoms with van der Waals surface area (Å²) in [6.45, 7) is -0.0228. The Balaban J connectivity index is 1.36. The first-order valence-electron chi connectivity index (χ1n) is 11.4. The number of carbonyl (C=O) groups is 3. The number of amides is 3. The maximum absolute atomic E-state index is 13.6. The number of benzene rings is 1. The number of nitrogens with two attached hydrogens (primary N) is 1. The van der Waals surface area contributed by atoms with Gasteiger partial charge in [0.15, 0.2) is 5.69 Å². The lowest BCUT2D eigenvalue weighted by Crippen LogP contribution is -2.44. The van der Waals surface area contributed by atoms with E-state index in [1.165, 1.54) is 4.68 Å². The number of primary amides is 1. The van der Waals surface area contributed by atoms with Gasteiger partial charge in [-0.1, -0.05) is 42.3 Å². The highest BCUT2D eigenvalue weighted by molar-refractivity contribution is 6.29. The second kappa shape index (κ2) is 9.06. The van der Waals surface area contributed by atoms with Crippen LogP contribution in [0.3, 0.4) is 0 Å². The number of aromatic nitrogens is 3. The summed E-state index contributed by atoms with van der Waals surface area (Å²) in [4.78, 5) is 44.2. The first-order valence-corrected chi connectivity index (χ1v) is 11.8. The minimum atomic E-state index is -0.636. The standard InChI is InChI=1S/C24H25ClN6O3/c25-19-9-4-10-20(27-19)28-21(32)12-15-11-14-5-3-8-17(14)31(15)22(33)13-30-18-7-2-1-6-16(18)23(29-30)24(26)34/h1-2,4,6-7,9-10,14-15,17H,3,5,8,11-13H2,(H2,26,34)(H,27,28,32)/t14-,15-,17-/m1/s1. The first kappa shape index (κ1) is 22.3. The van der Waals surface area contributed by atoms with E-state index < -0.39 is 5.91 Å². The van der Waals surface area contributed by atoms with Gasteiger partial charge in [-0.3, -0.25) is 19.1 Å². The Kier molecular flexibility index (Phi) is 5.95. The number of fused-ring (bicyclic) bond motifs is 2. The molecule has 2 fully saturated rings. The van der Waals surface area contributed by atoms with Crippen molar-refractivity contribution >= 4 is 46.0 Å². The topological polar surface area (TPSA) is 123 Å². The molecule has 1 aliphatic heterocycles. The minimum Gasteiger partial charge on any atom is -0.364 e. The number of carbonyl (C=O) groups excluding carboxylic acids is 3. The van der Waals surface area contributed by atoms with Crippen LogP contribution in [0.2, 0.25) is 5.15 Å². The zero-order chi connectivity index (χ0) is 23.8. The summed E-state index contributed by atoms with van der Waals surface area (Å²) in [6.07, 6.45) is 4.02. The average Bonchev–Trinajstić information content (AvgIpc) is 3.47. The Morgan fingerprint density at radius 3 is 2.74 bits per heavy atom. The number of halogens is 1. The monoisotopic (exact) mass is 480 g/mol. The van der Waals surface area contributed by atoms with Gasteiger partial charge in [0, 0.05) is 23.9 Å². The molecule has 5 rings (SSSR count). The maximum Gasteiger partial charge on any atom is 0.269 e. The van der Waals surface area contributed by atoms with Crippen molar-refractivity contribution in [1.82, 2.24) is 19.7 Å². The molecule has 3 N–H and O–H groups in total. The van der Waals surface area contributed by atoms with E-state index in [1.807, 2.05) is 17.0 Å². The molecule has 176 valence electrons. The Labute approximate surface area is 201 Å². The molecule has 2 aromatic heterocycles. The second-order valence-electron chi connectivity index (χ2n) is 8.93. The fourth-order valence-corrected chi connectivity index (χ4v) is 5.65. The second-order valence-corrected chi connectivity index (χ2v) is 9.32. The van der Waals surface area contributed by atoms with Gasteiger partial charge in [0.2, 0.25) is 11.8 Å². The third-order valence-electron chi connectivity index (χ3n) is 6.81. The van der Waals surface area contributed by atoms with Crippen LogP contribution in [0.5, 0.6) is 0 Å². The van der Waals surface area contributed by atoms with Crippen LogP contribution in [0.15, 0.2) is 42.5 Å². The molecular formula is C24H25ClN6O3. The quantitative estimate of drug-likeness (QED) is 0.525. The number of rotatable bonds is 6. The Hall–Kier alpha value is -3.46. The molecule has 1 aliphatic carbocycles. The molecule has 0 radical (unpaired) electrons. The van der Waals surface area contributed by atoms with Crippen molar-refractivity contribution in [1.29, 1.82) is 0 Å². The molecule has 3 aromatic rings. The fourth-order valence-electron chi connectivity index (χ4n) is 5.49. The summed E-state index contributed by atoms with van der Waals surface area (Å²) in [5, 5.41) is 8.03. The van der Waals surface area contributed by atoms with Crippen molar-refractivity contribution in [2.24, 2.45) is 11.7 Å². The number of nitrogens with zero attached hydrogens (tertiary/aromatic N) is 4. The number of hydrogen-bond donors (Lipinski definition) is 2. The van der Waals surface area contributed by atoms with Gasteiger partial charge >= 0.3 is 0 Å². The number of likely N-dealkylation sites (tertiary alicyclic amines) is 1. The highest BCUT2D eigenvalue weighted by Gasteiger charge is 2.46. The van der Waals surface area contributed by atoms with Crippen LogP contribution < -0.4 is 11.1 Å². The van der Waals surface area contributed by atoms with Gasteiger partial charge in [0.05, 0.1) is 5.52 Å². The number of hydrogen-bond acceptors (Lipinski definition) is 5. The third-order valence-corrected chi connectivity index (χ3v) is 7.02. The summed E-state index contributed by atoms with van der Waals surface area (Å²) in [5.74, 6) is -0.184. The smallest absolute Gasteiger partial charge is 0.269 e. The van der Waals surface area contributed by atoms with Gasteiger partial charge in [-0.25, -0.2) is 4.98 Å². The van der Waals surface area contributed by atoms with E-state index in [4.69, 9.17) is 17.3 Å². The van der Waals surface area contributed by atoms with E-state index in [9.17, 15) is 14.4 Å². The highest BCUT2D eigenvalue weighted by atomic mass is 35.5. The van der Waals surface area contributed by atoms with Gasteiger partial charge in [-0.2, -0.15) is 5.10 Å². The normalized spacial score (nSPS) is 21.6. The summed E-state index contributed by atoms with van der Waals surface area (Å²) in [5.41, 5.74) is 6.32. The lowest BCUT2D eigenvalue weighted by atomic mass is 10.0. The van der Waals surface area contributed by atoms with E-state index in [-0.39, 0.29) is 42.6 Å². The van der Waals surface area contributed by atoms with Crippen LogP contribution in [-0.4, -0.2) is 49.5 Å². The summed E-state index contributed by atoms with van der Waals surface area (Å²) >= 11 is 5.92. The number of pyridine rings is 1. The Bertz CT molecular complexity index is 1270. The molecule has 34 heavy (non-hydrogen) atoms. The molecule has 1 saturated heterocycles. The van der Waals surface area contributed by atoms with Crippen LogP contribution >= 0.6 is 11.6 Å². The van der Waals surface area contributed by atoms with Gasteiger partial charge in [0.25, 0.3) is 5.91 Å². The molecule has 0 unspecified atom stereocenters. The molecule has 3 atom stereocenters. The van der Waals surface area contributed by atoms with Crippen molar-refractivity contribution in [3.05, 3.63) is 53.3 Å². The van der Waals surface area contributed by atoms with Crippen LogP contribution in [0.25, 0.3) is 10.9 Å². The SMILES string of the molecule is NC(=O)c1nn(CC(=O)N2[C@@H](CC(=O)Nc3cccc(Cl)n3)C[C@H]3CCC[C@H]32)c2ccccc12. The predicted molar refractivity (Wildman–Crippen MR) is 127 cm³/mol. The predicted octanol–water partition coefficient (Wildman–Crippen LogP) is 2.98. The van der Waals surface area contributed by atoms with E-state index >= 15 is 0 Å². The molecule has 3 amide bonds. The van der Waals surface area contributed by atoms with Crippen LogP contribution in [-0.2, 0) is 16.1 Å². The summed E-state index contributed by atoms with van der Waals surface area (Å²) in [6, 6.07) is 12.1. The van der Waals surface area contributed by atoms with Crippen molar-refractivity contribution in [3.63, 3.8) is 0 Å². The van der Waals surface area contributed by atoms with Crippen molar-refractivity contribution in [3.8, 4) is 0 Å². The van der Waals surface area contributed by atoms with Crippen LogP contribution in [0.1, 0.15) is 42.6 Å². The molecular weight excluding hydrogens is 456 g/mol. The first-order chi connectivity index (χ1) is 16.4.